The molecule has 0 spiro atoms. The van der Waals surface area contributed by atoms with Crippen LogP contribution >= 0.6 is 22.9 Å². The fraction of sp³-hybridized carbons (Fsp3) is 0.462. The van der Waals surface area contributed by atoms with Crippen molar-refractivity contribution < 1.29 is 9.53 Å². The highest BCUT2D eigenvalue weighted by Crippen LogP contribution is 2.35. The molecule has 0 unspecified atom stereocenters. The Balaban J connectivity index is 1.22. The summed E-state index contributed by atoms with van der Waals surface area (Å²) in [5, 5.41) is 4.86. The van der Waals surface area contributed by atoms with Gasteiger partial charge >= 0.3 is 0 Å². The number of nitrogens with zero attached hydrogens (tertiary/aromatic N) is 3. The number of benzene rings is 2. The minimum absolute atomic E-state index is 0.0561. The van der Waals surface area contributed by atoms with Crippen molar-refractivity contribution in [2.45, 2.75) is 33.1 Å². The minimum atomic E-state index is -0.0561. The van der Waals surface area contributed by atoms with Crippen molar-refractivity contribution in [1.82, 2.24) is 15.2 Å². The Bertz CT molecular complexity index is 1070. The van der Waals surface area contributed by atoms with E-state index in [0.29, 0.717) is 18.7 Å². The summed E-state index contributed by atoms with van der Waals surface area (Å²) in [7, 11) is 0. The van der Waals surface area contributed by atoms with Crippen molar-refractivity contribution in [3.8, 4) is 5.75 Å². The smallest absolute Gasteiger partial charge is 0.251 e. The second-order valence-electron chi connectivity index (χ2n) is 8.71. The summed E-state index contributed by atoms with van der Waals surface area (Å²) in [6.07, 6.45) is 3.35. The topological polar surface area (TPSA) is 57.7 Å². The second kappa shape index (κ2) is 11.9. The Morgan fingerprint density at radius 2 is 2.00 bits per heavy atom. The van der Waals surface area contributed by atoms with E-state index in [2.05, 4.69) is 29.0 Å². The van der Waals surface area contributed by atoms with Crippen LogP contribution in [0.3, 0.4) is 0 Å². The number of aromatic nitrogens is 1. The van der Waals surface area contributed by atoms with E-state index in [1.165, 1.54) is 0 Å². The standard InChI is InChI=1S/C26H33ClN4O2S/c1-3-4-5-17-33-21-8-6-7-20(18-21)25(32)28-11-12-30-13-15-31(16-14-30)26-29-23-19(2)9-10-22(27)24(23)34-26/h6-10,18H,3-5,11-17H2,1-2H3,(H,28,32). The lowest BCUT2D eigenvalue weighted by Gasteiger charge is -2.34. The van der Waals surface area contributed by atoms with E-state index in [1.807, 2.05) is 36.4 Å². The first kappa shape index (κ1) is 24.8. The summed E-state index contributed by atoms with van der Waals surface area (Å²) in [5.74, 6) is 0.700. The molecule has 0 radical (unpaired) electrons. The molecule has 6 nitrogen and oxygen atoms in total. The van der Waals surface area contributed by atoms with E-state index in [0.717, 1.165) is 83.7 Å². The number of piperazine rings is 1. The number of halogens is 1. The van der Waals surface area contributed by atoms with E-state index in [-0.39, 0.29) is 5.91 Å². The van der Waals surface area contributed by atoms with E-state index in [1.54, 1.807) is 11.3 Å². The number of hydrogen-bond acceptors (Lipinski definition) is 6. The zero-order valence-electron chi connectivity index (χ0n) is 20.0. The zero-order valence-corrected chi connectivity index (χ0v) is 21.6. The predicted octanol–water partition coefficient (Wildman–Crippen LogP) is 5.38. The fourth-order valence-electron chi connectivity index (χ4n) is 4.09. The van der Waals surface area contributed by atoms with Crippen LogP contribution in [0.25, 0.3) is 10.2 Å². The maximum Gasteiger partial charge on any atom is 0.251 e. The highest BCUT2D eigenvalue weighted by Gasteiger charge is 2.21. The van der Waals surface area contributed by atoms with Crippen LogP contribution in [0.2, 0.25) is 5.02 Å². The summed E-state index contributed by atoms with van der Waals surface area (Å²) < 4.78 is 6.84. The summed E-state index contributed by atoms with van der Waals surface area (Å²) in [6, 6.07) is 11.4. The molecule has 1 saturated heterocycles. The third-order valence-electron chi connectivity index (χ3n) is 6.16. The number of hydrogen-bond donors (Lipinski definition) is 1. The van der Waals surface area contributed by atoms with Crippen LogP contribution in [0, 0.1) is 6.92 Å². The van der Waals surface area contributed by atoms with Gasteiger partial charge in [-0.15, -0.1) is 0 Å². The van der Waals surface area contributed by atoms with Crippen LogP contribution < -0.4 is 15.0 Å². The number of fused-ring (bicyclic) bond motifs is 1. The van der Waals surface area contributed by atoms with Gasteiger partial charge in [0.1, 0.15) is 5.75 Å². The number of thiazole rings is 1. The minimum Gasteiger partial charge on any atom is -0.494 e. The maximum atomic E-state index is 12.6. The van der Waals surface area contributed by atoms with E-state index in [9.17, 15) is 4.79 Å². The lowest BCUT2D eigenvalue weighted by Crippen LogP contribution is -2.48. The monoisotopic (exact) mass is 500 g/mol. The van der Waals surface area contributed by atoms with Gasteiger partial charge < -0.3 is 15.0 Å². The number of ether oxygens (including phenoxy) is 1. The molecule has 4 rings (SSSR count). The Morgan fingerprint density at radius 3 is 2.76 bits per heavy atom. The third kappa shape index (κ3) is 6.20. The first-order valence-corrected chi connectivity index (χ1v) is 13.3. The van der Waals surface area contributed by atoms with Gasteiger partial charge in [-0.2, -0.15) is 0 Å². The average Bonchev–Trinajstić information content (AvgIpc) is 3.32. The Labute approximate surface area is 210 Å². The summed E-state index contributed by atoms with van der Waals surface area (Å²) in [5.41, 5.74) is 2.81. The van der Waals surface area contributed by atoms with Crippen molar-refractivity contribution in [3.05, 3.63) is 52.5 Å². The Morgan fingerprint density at radius 1 is 1.18 bits per heavy atom. The maximum absolute atomic E-state index is 12.6. The molecular weight excluding hydrogens is 468 g/mol. The molecule has 1 fully saturated rings. The first-order chi connectivity index (χ1) is 16.5. The van der Waals surface area contributed by atoms with Gasteiger partial charge in [0.05, 0.1) is 21.8 Å². The van der Waals surface area contributed by atoms with Gasteiger partial charge in [0, 0.05) is 44.8 Å². The van der Waals surface area contributed by atoms with Crippen LogP contribution in [0.4, 0.5) is 5.13 Å². The molecule has 1 N–H and O–H groups in total. The molecule has 34 heavy (non-hydrogen) atoms. The van der Waals surface area contributed by atoms with Crippen LogP contribution in [-0.2, 0) is 0 Å². The van der Waals surface area contributed by atoms with Crippen molar-refractivity contribution in [3.63, 3.8) is 0 Å². The molecule has 0 saturated carbocycles. The van der Waals surface area contributed by atoms with Crippen LogP contribution in [-0.4, -0.2) is 61.7 Å². The van der Waals surface area contributed by atoms with E-state index in [4.69, 9.17) is 21.3 Å². The van der Waals surface area contributed by atoms with Crippen LogP contribution in [0.15, 0.2) is 36.4 Å². The van der Waals surface area contributed by atoms with Crippen molar-refractivity contribution in [1.29, 1.82) is 0 Å². The van der Waals surface area contributed by atoms with Crippen LogP contribution in [0.5, 0.6) is 5.75 Å². The number of rotatable bonds is 10. The Kier molecular flexibility index (Phi) is 8.64. The first-order valence-electron chi connectivity index (χ1n) is 12.1. The van der Waals surface area contributed by atoms with E-state index >= 15 is 0 Å². The highest BCUT2D eigenvalue weighted by molar-refractivity contribution is 7.22. The number of anilines is 1. The van der Waals surface area contributed by atoms with Gasteiger partial charge in [-0.05, 0) is 43.2 Å². The number of aryl methyl sites for hydroxylation is 1. The van der Waals surface area contributed by atoms with Gasteiger partial charge in [-0.25, -0.2) is 4.98 Å². The van der Waals surface area contributed by atoms with Gasteiger partial charge in [-0.3, -0.25) is 9.69 Å². The molecule has 182 valence electrons. The summed E-state index contributed by atoms with van der Waals surface area (Å²) >= 11 is 8.05. The summed E-state index contributed by atoms with van der Waals surface area (Å²) in [6.45, 7) is 10.1. The average molecular weight is 501 g/mol. The molecule has 2 heterocycles. The van der Waals surface area contributed by atoms with Crippen molar-refractivity contribution in [2.24, 2.45) is 0 Å². The van der Waals surface area contributed by atoms with Gasteiger partial charge in [-0.1, -0.05) is 54.8 Å². The normalized spacial score (nSPS) is 14.5. The van der Waals surface area contributed by atoms with Crippen molar-refractivity contribution >= 4 is 44.2 Å². The number of carbonyl (C=O) groups is 1. The Hall–Kier alpha value is -2.35. The molecule has 3 aromatic rings. The molecule has 0 aliphatic carbocycles. The molecule has 1 aliphatic rings. The number of nitrogens with one attached hydrogen (secondary N) is 1. The zero-order chi connectivity index (χ0) is 23.9. The fourth-order valence-corrected chi connectivity index (χ4v) is 5.46. The molecule has 2 aromatic carbocycles. The van der Waals surface area contributed by atoms with Gasteiger partial charge in [0.25, 0.3) is 5.91 Å². The highest BCUT2D eigenvalue weighted by atomic mass is 35.5. The summed E-state index contributed by atoms with van der Waals surface area (Å²) in [4.78, 5) is 22.2. The molecule has 1 aromatic heterocycles. The lowest BCUT2D eigenvalue weighted by atomic mass is 10.2. The quantitative estimate of drug-likeness (QED) is 0.379. The lowest BCUT2D eigenvalue weighted by molar-refractivity contribution is 0.0947. The van der Waals surface area contributed by atoms with Crippen LogP contribution in [0.1, 0.15) is 42.1 Å². The molecule has 0 bridgehead atoms. The SMILES string of the molecule is CCCCCOc1cccc(C(=O)NCCN2CCN(c3nc4c(C)ccc(Cl)c4s3)CC2)c1. The van der Waals surface area contributed by atoms with Gasteiger partial charge in [0.2, 0.25) is 0 Å². The molecule has 1 aliphatic heterocycles. The number of amides is 1. The van der Waals surface area contributed by atoms with Crippen molar-refractivity contribution in [2.75, 3.05) is 50.8 Å². The number of unbranched alkanes of at least 4 members (excludes halogenated alkanes) is 2. The molecule has 1 amide bonds. The molecule has 8 heteroatoms. The third-order valence-corrected chi connectivity index (χ3v) is 7.73. The van der Waals surface area contributed by atoms with Gasteiger partial charge in [0.15, 0.2) is 5.13 Å². The van der Waals surface area contributed by atoms with E-state index < -0.39 is 0 Å². The second-order valence-corrected chi connectivity index (χ2v) is 10.1. The molecular formula is C26H33ClN4O2S. The largest absolute Gasteiger partial charge is 0.494 e. The predicted molar refractivity (Wildman–Crippen MR) is 142 cm³/mol. The number of carbonyl (C=O) groups excluding carboxylic acids is 1. The molecule has 0 atom stereocenters.